The van der Waals surface area contributed by atoms with Crippen molar-refractivity contribution in [3.8, 4) is 0 Å². The normalized spacial score (nSPS) is 17.8. The molecule has 2 rings (SSSR count). The molecule has 0 spiro atoms. The molecule has 0 saturated heterocycles. The summed E-state index contributed by atoms with van der Waals surface area (Å²) in [6.07, 6.45) is 8.95. The predicted octanol–water partition coefficient (Wildman–Crippen LogP) is 3.84. The van der Waals surface area contributed by atoms with Crippen molar-refractivity contribution >= 4 is 28.0 Å². The Morgan fingerprint density at radius 2 is 1.77 bits per heavy atom. The lowest BCUT2D eigenvalue weighted by atomic mass is 10.0. The number of rotatable bonds is 11. The van der Waals surface area contributed by atoms with Gasteiger partial charge in [-0.25, -0.2) is 13.2 Å². The van der Waals surface area contributed by atoms with Crippen LogP contribution in [0.25, 0.3) is 6.08 Å². The van der Waals surface area contributed by atoms with Crippen molar-refractivity contribution in [2.75, 3.05) is 20.8 Å². The summed E-state index contributed by atoms with van der Waals surface area (Å²) in [5, 5.41) is 0. The number of benzene rings is 1. The van der Waals surface area contributed by atoms with Crippen LogP contribution >= 0.6 is 0 Å². The molecule has 1 unspecified atom stereocenters. The topological polar surface area (TPSA) is 90.0 Å². The Balaban J connectivity index is 2.26. The van der Waals surface area contributed by atoms with Gasteiger partial charge in [0, 0.05) is 12.6 Å². The molecular weight excluding hydrogens is 406 g/mol. The second-order valence-corrected chi connectivity index (χ2v) is 9.19. The number of hydrogen-bond acceptors (Lipinski definition) is 6. The van der Waals surface area contributed by atoms with Crippen molar-refractivity contribution in [3.63, 3.8) is 0 Å². The fourth-order valence-corrected chi connectivity index (χ4v) is 5.54. The molecule has 0 aliphatic carbocycles. The second-order valence-electron chi connectivity index (χ2n) is 7.33. The average molecular weight is 438 g/mol. The van der Waals surface area contributed by atoms with E-state index in [1.807, 2.05) is 0 Å². The van der Waals surface area contributed by atoms with Crippen LogP contribution < -0.4 is 0 Å². The highest BCUT2D eigenvalue weighted by molar-refractivity contribution is 7.89. The maximum absolute atomic E-state index is 13.2. The molecule has 1 atom stereocenters. The fraction of sp³-hybridized carbons (Fsp3) is 0.545. The minimum absolute atomic E-state index is 0.0318. The number of esters is 2. The molecule has 0 aromatic heterocycles. The van der Waals surface area contributed by atoms with Gasteiger partial charge in [-0.05, 0) is 29.7 Å². The summed E-state index contributed by atoms with van der Waals surface area (Å²) in [6.45, 7) is 2.51. The van der Waals surface area contributed by atoms with Crippen molar-refractivity contribution in [2.24, 2.45) is 0 Å². The Labute approximate surface area is 179 Å². The van der Waals surface area contributed by atoms with Gasteiger partial charge in [0.05, 0.1) is 31.6 Å². The van der Waals surface area contributed by atoms with Crippen molar-refractivity contribution in [1.29, 1.82) is 0 Å². The average Bonchev–Trinajstić information content (AvgIpc) is 2.94. The summed E-state index contributed by atoms with van der Waals surface area (Å²) in [5.74, 6) is -0.975. The van der Waals surface area contributed by atoms with Crippen molar-refractivity contribution in [1.82, 2.24) is 4.31 Å². The van der Waals surface area contributed by atoms with Crippen LogP contribution in [-0.4, -0.2) is 45.4 Å². The first-order chi connectivity index (χ1) is 14.3. The van der Waals surface area contributed by atoms with Crippen LogP contribution in [0, 0.1) is 0 Å². The van der Waals surface area contributed by atoms with Crippen molar-refractivity contribution in [2.45, 2.75) is 62.8 Å². The van der Waals surface area contributed by atoms with Gasteiger partial charge < -0.3 is 9.47 Å². The molecule has 30 heavy (non-hydrogen) atoms. The number of sulfonamides is 1. The van der Waals surface area contributed by atoms with Crippen LogP contribution in [0.5, 0.6) is 0 Å². The van der Waals surface area contributed by atoms with Gasteiger partial charge in [0.1, 0.15) is 0 Å². The van der Waals surface area contributed by atoms with Gasteiger partial charge in [0.2, 0.25) is 10.0 Å². The zero-order valence-electron chi connectivity index (χ0n) is 17.9. The number of unbranched alkanes of at least 4 members (excludes halogenated alkanes) is 5. The number of methoxy groups -OCH3 is 2. The first-order valence-corrected chi connectivity index (χ1v) is 11.8. The highest BCUT2D eigenvalue weighted by atomic mass is 32.2. The smallest absolute Gasteiger partial charge is 0.330 e. The number of carbonyl (C=O) groups excluding carboxylic acids is 2. The summed E-state index contributed by atoms with van der Waals surface area (Å²) in [6, 6.07) is 4.40. The van der Waals surface area contributed by atoms with Gasteiger partial charge in [-0.3, -0.25) is 4.79 Å². The van der Waals surface area contributed by atoms with Gasteiger partial charge in [-0.15, -0.1) is 0 Å². The van der Waals surface area contributed by atoms with E-state index in [1.54, 1.807) is 12.1 Å². The van der Waals surface area contributed by atoms with E-state index in [9.17, 15) is 18.0 Å². The van der Waals surface area contributed by atoms with Crippen LogP contribution in [0.2, 0.25) is 0 Å². The third-order valence-electron chi connectivity index (χ3n) is 5.26. The molecular formula is C22H31NO6S. The molecule has 0 amide bonds. The molecule has 0 radical (unpaired) electrons. The lowest BCUT2D eigenvalue weighted by Gasteiger charge is -2.22. The SMILES string of the molecule is CCCCCCCCN1C(CC(=O)OC)c2ccc(/C=C/C(=O)OC)cc2S1(=O)=O. The van der Waals surface area contributed by atoms with E-state index < -0.39 is 28.0 Å². The lowest BCUT2D eigenvalue weighted by molar-refractivity contribution is -0.141. The lowest BCUT2D eigenvalue weighted by Crippen LogP contribution is -2.31. The van der Waals surface area contributed by atoms with Gasteiger partial charge in [-0.2, -0.15) is 4.31 Å². The Morgan fingerprint density at radius 1 is 1.07 bits per heavy atom. The van der Waals surface area contributed by atoms with Crippen molar-refractivity contribution < 1.29 is 27.5 Å². The quantitative estimate of drug-likeness (QED) is 0.297. The zero-order chi connectivity index (χ0) is 22.1. The van der Waals surface area contributed by atoms with E-state index in [0.29, 0.717) is 17.7 Å². The molecule has 0 fully saturated rings. The Hall–Kier alpha value is -2.19. The van der Waals surface area contributed by atoms with Crippen LogP contribution in [0.1, 0.15) is 69.0 Å². The molecule has 1 aromatic carbocycles. The molecule has 1 aromatic rings. The maximum atomic E-state index is 13.2. The summed E-state index contributed by atoms with van der Waals surface area (Å²) >= 11 is 0. The predicted molar refractivity (Wildman–Crippen MR) is 114 cm³/mol. The molecule has 166 valence electrons. The van der Waals surface area contributed by atoms with E-state index in [0.717, 1.165) is 32.1 Å². The standard InChI is InChI=1S/C22H31NO6S/c1-4-5-6-7-8-9-14-23-19(16-22(25)29-3)18-12-10-17(11-13-21(24)28-2)15-20(18)30(23,26)27/h10-13,15,19H,4-9,14,16H2,1-3H3/b13-11+. The van der Waals surface area contributed by atoms with E-state index >= 15 is 0 Å². The van der Waals surface area contributed by atoms with E-state index in [1.165, 1.54) is 43.2 Å². The number of nitrogens with zero attached hydrogens (tertiary/aromatic N) is 1. The van der Waals surface area contributed by atoms with E-state index in [4.69, 9.17) is 4.74 Å². The first kappa shape index (κ1) is 24.1. The monoisotopic (exact) mass is 437 g/mol. The number of fused-ring (bicyclic) bond motifs is 1. The number of carbonyl (C=O) groups is 2. The van der Waals surface area contributed by atoms with Crippen molar-refractivity contribution in [3.05, 3.63) is 35.4 Å². The Bertz CT molecular complexity index is 878. The van der Waals surface area contributed by atoms with Gasteiger partial charge >= 0.3 is 11.9 Å². The van der Waals surface area contributed by atoms with Crippen LogP contribution in [-0.2, 0) is 29.1 Å². The first-order valence-electron chi connectivity index (χ1n) is 10.3. The molecule has 8 heteroatoms. The summed E-state index contributed by atoms with van der Waals surface area (Å²) in [7, 11) is -1.17. The van der Waals surface area contributed by atoms with Gasteiger partial charge in [-0.1, -0.05) is 51.2 Å². The number of hydrogen-bond donors (Lipinski definition) is 0. The second kappa shape index (κ2) is 11.3. The summed E-state index contributed by atoms with van der Waals surface area (Å²) in [4.78, 5) is 23.5. The third kappa shape index (κ3) is 5.92. The summed E-state index contributed by atoms with van der Waals surface area (Å²) in [5.41, 5.74) is 1.16. The summed E-state index contributed by atoms with van der Waals surface area (Å²) < 4.78 is 37.3. The van der Waals surface area contributed by atoms with Crippen LogP contribution in [0.15, 0.2) is 29.2 Å². The molecule has 7 nitrogen and oxygen atoms in total. The highest BCUT2D eigenvalue weighted by Gasteiger charge is 2.43. The minimum atomic E-state index is -3.74. The van der Waals surface area contributed by atoms with Gasteiger partial charge in [0.15, 0.2) is 0 Å². The van der Waals surface area contributed by atoms with E-state index in [2.05, 4.69) is 11.7 Å². The molecule has 0 N–H and O–H groups in total. The fourth-order valence-electron chi connectivity index (χ4n) is 3.61. The molecule has 1 aliphatic heterocycles. The molecule has 1 heterocycles. The number of ether oxygens (including phenoxy) is 2. The maximum Gasteiger partial charge on any atom is 0.330 e. The Kier molecular flexibility index (Phi) is 9.05. The van der Waals surface area contributed by atoms with Crippen LogP contribution in [0.4, 0.5) is 0 Å². The van der Waals surface area contributed by atoms with E-state index in [-0.39, 0.29) is 11.3 Å². The minimum Gasteiger partial charge on any atom is -0.469 e. The largest absolute Gasteiger partial charge is 0.469 e. The third-order valence-corrected chi connectivity index (χ3v) is 7.23. The molecule has 0 saturated carbocycles. The Morgan fingerprint density at radius 3 is 2.43 bits per heavy atom. The highest BCUT2D eigenvalue weighted by Crippen LogP contribution is 2.42. The molecule has 0 bridgehead atoms. The zero-order valence-corrected chi connectivity index (χ0v) is 18.7. The molecule has 1 aliphatic rings. The van der Waals surface area contributed by atoms with Gasteiger partial charge in [0.25, 0.3) is 0 Å². The van der Waals surface area contributed by atoms with Crippen LogP contribution in [0.3, 0.4) is 0 Å².